The van der Waals surface area contributed by atoms with Gasteiger partial charge >= 0.3 is 0 Å². The number of rotatable bonds is 5. The molecular formula is C21H24N4. The number of aromatic nitrogens is 2. The van der Waals surface area contributed by atoms with Crippen molar-refractivity contribution < 1.29 is 0 Å². The van der Waals surface area contributed by atoms with Crippen molar-refractivity contribution in [3.05, 3.63) is 76.5 Å². The Balaban J connectivity index is 1.78. The van der Waals surface area contributed by atoms with Gasteiger partial charge in [-0.1, -0.05) is 36.4 Å². The highest BCUT2D eigenvalue weighted by Gasteiger charge is 2.06. The van der Waals surface area contributed by atoms with Crippen LogP contribution in [0.25, 0.3) is 0 Å². The van der Waals surface area contributed by atoms with E-state index in [1.165, 1.54) is 22.3 Å². The summed E-state index contributed by atoms with van der Waals surface area (Å²) in [7, 11) is 0. The van der Waals surface area contributed by atoms with Crippen LogP contribution in [0.5, 0.6) is 0 Å². The zero-order chi connectivity index (χ0) is 17.8. The molecular weight excluding hydrogens is 308 g/mol. The molecule has 1 aromatic heterocycles. The summed E-state index contributed by atoms with van der Waals surface area (Å²) in [6.45, 7) is 9.05. The molecule has 3 rings (SSSR count). The third-order valence-corrected chi connectivity index (χ3v) is 4.43. The average molecular weight is 332 g/mol. The molecule has 0 unspecified atom stereocenters. The molecule has 1 heterocycles. The Morgan fingerprint density at radius 3 is 2.40 bits per heavy atom. The number of hydrogen-bond acceptors (Lipinski definition) is 4. The van der Waals surface area contributed by atoms with Gasteiger partial charge in [0.1, 0.15) is 5.82 Å². The molecule has 0 aliphatic rings. The second-order valence-electron chi connectivity index (χ2n) is 6.37. The minimum Gasteiger partial charge on any atom is -0.366 e. The molecule has 3 aromatic rings. The summed E-state index contributed by atoms with van der Waals surface area (Å²) in [6, 6.07) is 16.5. The number of aryl methyl sites for hydroxylation is 3. The van der Waals surface area contributed by atoms with Gasteiger partial charge in [0.25, 0.3) is 0 Å². The second-order valence-corrected chi connectivity index (χ2v) is 6.37. The van der Waals surface area contributed by atoms with Crippen LogP contribution in [0, 0.1) is 27.7 Å². The smallest absolute Gasteiger partial charge is 0.229 e. The summed E-state index contributed by atoms with van der Waals surface area (Å²) in [5, 5.41) is 6.75. The highest BCUT2D eigenvalue weighted by atomic mass is 15.1. The first kappa shape index (κ1) is 17.0. The molecule has 128 valence electrons. The molecule has 0 aliphatic heterocycles. The van der Waals surface area contributed by atoms with E-state index in [0.29, 0.717) is 5.95 Å². The molecule has 4 heteroatoms. The molecule has 0 radical (unpaired) electrons. The van der Waals surface area contributed by atoms with Gasteiger partial charge in [-0.25, -0.2) is 4.98 Å². The lowest BCUT2D eigenvalue weighted by Crippen LogP contribution is -2.07. The largest absolute Gasteiger partial charge is 0.366 e. The van der Waals surface area contributed by atoms with Gasteiger partial charge in [0.2, 0.25) is 5.95 Å². The van der Waals surface area contributed by atoms with Gasteiger partial charge in [0.05, 0.1) is 0 Å². The average Bonchev–Trinajstić information content (AvgIpc) is 2.58. The topological polar surface area (TPSA) is 49.8 Å². The minimum atomic E-state index is 0.612. The Hall–Kier alpha value is -2.88. The molecule has 0 amide bonds. The van der Waals surface area contributed by atoms with E-state index in [4.69, 9.17) is 0 Å². The van der Waals surface area contributed by atoms with E-state index in [1.54, 1.807) is 0 Å². The quantitative estimate of drug-likeness (QED) is 0.685. The van der Waals surface area contributed by atoms with Gasteiger partial charge in [-0.05, 0) is 56.0 Å². The monoisotopic (exact) mass is 332 g/mol. The van der Waals surface area contributed by atoms with E-state index in [1.807, 2.05) is 19.1 Å². The SMILES string of the molecule is Cc1cc(NCc2ccccc2C)nc(Nc2cccc(C)c2C)n1. The van der Waals surface area contributed by atoms with Crippen LogP contribution in [0.1, 0.15) is 27.9 Å². The fraction of sp³-hybridized carbons (Fsp3) is 0.238. The van der Waals surface area contributed by atoms with Crippen molar-refractivity contribution in [1.82, 2.24) is 9.97 Å². The molecule has 2 N–H and O–H groups in total. The van der Waals surface area contributed by atoms with Gasteiger partial charge < -0.3 is 10.6 Å². The van der Waals surface area contributed by atoms with E-state index in [9.17, 15) is 0 Å². The van der Waals surface area contributed by atoms with Crippen molar-refractivity contribution in [1.29, 1.82) is 0 Å². The van der Waals surface area contributed by atoms with Gasteiger partial charge in [0, 0.05) is 24.0 Å². The Kier molecular flexibility index (Phi) is 4.98. The molecule has 0 aliphatic carbocycles. The highest BCUT2D eigenvalue weighted by molar-refractivity contribution is 5.61. The highest BCUT2D eigenvalue weighted by Crippen LogP contribution is 2.22. The van der Waals surface area contributed by atoms with Crippen LogP contribution in [-0.4, -0.2) is 9.97 Å². The Bertz CT molecular complexity index is 887. The van der Waals surface area contributed by atoms with Crippen LogP contribution in [0.2, 0.25) is 0 Å². The van der Waals surface area contributed by atoms with Gasteiger partial charge in [-0.3, -0.25) is 0 Å². The molecule has 2 aromatic carbocycles. The third kappa shape index (κ3) is 4.15. The summed E-state index contributed by atoms with van der Waals surface area (Å²) in [5.41, 5.74) is 6.96. The molecule has 4 nitrogen and oxygen atoms in total. The lowest BCUT2D eigenvalue weighted by molar-refractivity contribution is 1.05. The van der Waals surface area contributed by atoms with Crippen molar-refractivity contribution >= 4 is 17.5 Å². The lowest BCUT2D eigenvalue weighted by Gasteiger charge is -2.13. The van der Waals surface area contributed by atoms with E-state index >= 15 is 0 Å². The summed E-state index contributed by atoms with van der Waals surface area (Å²) in [6.07, 6.45) is 0. The molecule has 25 heavy (non-hydrogen) atoms. The van der Waals surface area contributed by atoms with E-state index in [2.05, 4.69) is 77.8 Å². The first-order valence-corrected chi connectivity index (χ1v) is 8.50. The van der Waals surface area contributed by atoms with Crippen molar-refractivity contribution in [3.8, 4) is 0 Å². The maximum atomic E-state index is 4.61. The molecule has 0 spiro atoms. The van der Waals surface area contributed by atoms with Crippen molar-refractivity contribution in [3.63, 3.8) is 0 Å². The first-order chi connectivity index (χ1) is 12.0. The van der Waals surface area contributed by atoms with Gasteiger partial charge in [-0.2, -0.15) is 4.98 Å². The predicted molar refractivity (Wildman–Crippen MR) is 104 cm³/mol. The lowest BCUT2D eigenvalue weighted by atomic mass is 10.1. The molecule has 0 saturated heterocycles. The van der Waals surface area contributed by atoms with Crippen LogP contribution in [0.4, 0.5) is 17.5 Å². The Labute approximate surface area is 149 Å². The van der Waals surface area contributed by atoms with Crippen molar-refractivity contribution in [2.45, 2.75) is 34.2 Å². The zero-order valence-electron chi connectivity index (χ0n) is 15.2. The maximum absolute atomic E-state index is 4.61. The number of nitrogens with zero attached hydrogens (tertiary/aromatic N) is 2. The van der Waals surface area contributed by atoms with Gasteiger partial charge in [0.15, 0.2) is 0 Å². The minimum absolute atomic E-state index is 0.612. The normalized spacial score (nSPS) is 10.6. The fourth-order valence-corrected chi connectivity index (χ4v) is 2.72. The molecule has 0 atom stereocenters. The van der Waals surface area contributed by atoms with E-state index < -0.39 is 0 Å². The fourth-order valence-electron chi connectivity index (χ4n) is 2.72. The number of nitrogens with one attached hydrogen (secondary N) is 2. The number of benzene rings is 2. The van der Waals surface area contributed by atoms with E-state index in [-0.39, 0.29) is 0 Å². The predicted octanol–water partition coefficient (Wildman–Crippen LogP) is 5.07. The summed E-state index contributed by atoms with van der Waals surface area (Å²) < 4.78 is 0. The Morgan fingerprint density at radius 2 is 1.60 bits per heavy atom. The zero-order valence-corrected chi connectivity index (χ0v) is 15.2. The Morgan fingerprint density at radius 1 is 0.840 bits per heavy atom. The first-order valence-electron chi connectivity index (χ1n) is 8.50. The summed E-state index contributed by atoms with van der Waals surface area (Å²) >= 11 is 0. The van der Waals surface area contributed by atoms with Crippen molar-refractivity contribution in [2.24, 2.45) is 0 Å². The van der Waals surface area contributed by atoms with Crippen LogP contribution in [0.15, 0.2) is 48.5 Å². The van der Waals surface area contributed by atoms with Crippen LogP contribution < -0.4 is 10.6 Å². The summed E-state index contributed by atoms with van der Waals surface area (Å²) in [4.78, 5) is 9.12. The third-order valence-electron chi connectivity index (χ3n) is 4.43. The maximum Gasteiger partial charge on any atom is 0.229 e. The number of hydrogen-bond donors (Lipinski definition) is 2. The molecule has 0 fully saturated rings. The van der Waals surface area contributed by atoms with Gasteiger partial charge in [-0.15, -0.1) is 0 Å². The van der Waals surface area contributed by atoms with Crippen LogP contribution in [0.3, 0.4) is 0 Å². The van der Waals surface area contributed by atoms with E-state index in [0.717, 1.165) is 23.7 Å². The van der Waals surface area contributed by atoms with Crippen LogP contribution >= 0.6 is 0 Å². The molecule has 0 bridgehead atoms. The standard InChI is InChI=1S/C21H24N4/c1-14-9-7-11-19(17(14)4)24-21-23-16(3)12-20(25-21)22-13-18-10-6-5-8-15(18)2/h5-12H,13H2,1-4H3,(H2,22,23,24,25). The number of anilines is 3. The second kappa shape index (κ2) is 7.34. The molecule has 0 saturated carbocycles. The summed E-state index contributed by atoms with van der Waals surface area (Å²) in [5.74, 6) is 1.43. The van der Waals surface area contributed by atoms with Crippen molar-refractivity contribution in [2.75, 3.05) is 10.6 Å². The van der Waals surface area contributed by atoms with Crippen LogP contribution in [-0.2, 0) is 6.54 Å².